The van der Waals surface area contributed by atoms with Crippen molar-refractivity contribution in [2.24, 2.45) is 0 Å². The van der Waals surface area contributed by atoms with Crippen molar-refractivity contribution in [3.05, 3.63) is 45.8 Å². The molecule has 0 radical (unpaired) electrons. The molecule has 0 saturated heterocycles. The van der Waals surface area contributed by atoms with Crippen LogP contribution >= 0.6 is 22.6 Å². The molecule has 2 rings (SSSR count). The summed E-state index contributed by atoms with van der Waals surface area (Å²) < 4.78 is 3.28. The molecule has 2 aromatic rings. The van der Waals surface area contributed by atoms with Crippen LogP contribution in [0.5, 0.6) is 0 Å². The van der Waals surface area contributed by atoms with Crippen LogP contribution in [0, 0.1) is 3.57 Å². The Morgan fingerprint density at radius 2 is 2.00 bits per heavy atom. The highest BCUT2D eigenvalue weighted by atomic mass is 127. The fourth-order valence-electron chi connectivity index (χ4n) is 1.66. The summed E-state index contributed by atoms with van der Waals surface area (Å²) in [6.45, 7) is 5.13. The second-order valence-electron chi connectivity index (χ2n) is 4.40. The van der Waals surface area contributed by atoms with E-state index < -0.39 is 0 Å². The molecule has 0 aliphatic heterocycles. The quantitative estimate of drug-likeness (QED) is 0.820. The summed E-state index contributed by atoms with van der Waals surface area (Å²) in [5, 5.41) is 7.95. The van der Waals surface area contributed by atoms with E-state index in [1.165, 1.54) is 3.57 Å². The summed E-state index contributed by atoms with van der Waals surface area (Å²) in [5.41, 5.74) is 2.21. The molecule has 1 unspecified atom stereocenters. The maximum Gasteiger partial charge on any atom is 0.0815 e. The van der Waals surface area contributed by atoms with Crippen LogP contribution in [0.2, 0.25) is 0 Å². The molecule has 0 aliphatic carbocycles. The summed E-state index contributed by atoms with van der Waals surface area (Å²) in [5.74, 6) is 0. The number of benzene rings is 1. The van der Waals surface area contributed by atoms with Crippen LogP contribution in [0.4, 0.5) is 5.69 Å². The molecule has 1 aromatic heterocycles. The Morgan fingerprint density at radius 1 is 1.28 bits per heavy atom. The molecule has 4 heteroatoms. The number of hydrogen-bond donors (Lipinski definition) is 1. The van der Waals surface area contributed by atoms with Gasteiger partial charge >= 0.3 is 0 Å². The fourth-order valence-corrected chi connectivity index (χ4v) is 2.02. The van der Waals surface area contributed by atoms with Crippen molar-refractivity contribution in [3.63, 3.8) is 0 Å². The molecular formula is C14H18IN3. The fraction of sp³-hybridized carbons (Fsp3) is 0.357. The van der Waals surface area contributed by atoms with E-state index in [9.17, 15) is 0 Å². The summed E-state index contributed by atoms with van der Waals surface area (Å²) in [6, 6.07) is 10.9. The lowest BCUT2D eigenvalue weighted by molar-refractivity contribution is 0.474. The number of aromatic nitrogens is 2. The summed E-state index contributed by atoms with van der Waals surface area (Å²) in [4.78, 5) is 0. The number of anilines is 1. The van der Waals surface area contributed by atoms with Crippen molar-refractivity contribution in [2.75, 3.05) is 5.32 Å². The van der Waals surface area contributed by atoms with E-state index in [-0.39, 0.29) is 0 Å². The summed E-state index contributed by atoms with van der Waals surface area (Å²) in [7, 11) is 0. The Hall–Kier alpha value is -1.04. The third-order valence-electron chi connectivity index (χ3n) is 3.02. The number of hydrogen-bond acceptors (Lipinski definition) is 2. The Balaban J connectivity index is 1.94. The van der Waals surface area contributed by atoms with Gasteiger partial charge in [0.15, 0.2) is 0 Å². The highest BCUT2D eigenvalue weighted by Crippen LogP contribution is 2.13. The van der Waals surface area contributed by atoms with Gasteiger partial charge in [-0.15, -0.1) is 0 Å². The van der Waals surface area contributed by atoms with Crippen LogP contribution < -0.4 is 5.32 Å². The van der Waals surface area contributed by atoms with Gasteiger partial charge in [-0.05, 0) is 66.3 Å². The molecule has 0 saturated carbocycles. The lowest BCUT2D eigenvalue weighted by Crippen LogP contribution is -2.06. The zero-order valence-corrected chi connectivity index (χ0v) is 12.9. The molecule has 0 bridgehead atoms. The van der Waals surface area contributed by atoms with Gasteiger partial charge in [-0.2, -0.15) is 5.10 Å². The number of nitrogens with one attached hydrogen (secondary N) is 1. The van der Waals surface area contributed by atoms with Crippen molar-refractivity contribution in [1.29, 1.82) is 0 Å². The van der Waals surface area contributed by atoms with Gasteiger partial charge in [0.1, 0.15) is 0 Å². The van der Waals surface area contributed by atoms with Gasteiger partial charge in [-0.25, -0.2) is 0 Å². The second kappa shape index (κ2) is 6.22. The lowest BCUT2D eigenvalue weighted by atomic mass is 10.3. The van der Waals surface area contributed by atoms with Crippen molar-refractivity contribution in [2.45, 2.75) is 32.9 Å². The standard InChI is InChI=1S/C14H18IN3/c1-3-11(2)18-9-8-14(17-18)10-16-13-6-4-12(15)5-7-13/h4-9,11,16H,3,10H2,1-2H3. The topological polar surface area (TPSA) is 29.9 Å². The lowest BCUT2D eigenvalue weighted by Gasteiger charge is -2.08. The Bertz CT molecular complexity index is 490. The molecule has 1 aromatic carbocycles. The van der Waals surface area contributed by atoms with Gasteiger partial charge < -0.3 is 5.32 Å². The predicted molar refractivity (Wildman–Crippen MR) is 83.7 cm³/mol. The van der Waals surface area contributed by atoms with Gasteiger partial charge in [0, 0.05) is 21.5 Å². The van der Waals surface area contributed by atoms with Gasteiger partial charge in [-0.3, -0.25) is 4.68 Å². The van der Waals surface area contributed by atoms with Gasteiger partial charge in [0.2, 0.25) is 0 Å². The molecule has 1 atom stereocenters. The van der Waals surface area contributed by atoms with Crippen LogP contribution in [-0.4, -0.2) is 9.78 Å². The average Bonchev–Trinajstić information content (AvgIpc) is 2.86. The van der Waals surface area contributed by atoms with E-state index in [1.54, 1.807) is 0 Å². The predicted octanol–water partition coefficient (Wildman–Crippen LogP) is 4.07. The molecule has 1 heterocycles. The van der Waals surface area contributed by atoms with Gasteiger partial charge in [-0.1, -0.05) is 6.92 Å². The van der Waals surface area contributed by atoms with Crippen molar-refractivity contribution in [3.8, 4) is 0 Å². The van der Waals surface area contributed by atoms with E-state index in [1.807, 2.05) is 4.68 Å². The highest BCUT2D eigenvalue weighted by Gasteiger charge is 2.04. The molecule has 0 aliphatic rings. The zero-order valence-electron chi connectivity index (χ0n) is 10.7. The van der Waals surface area contributed by atoms with Gasteiger partial charge in [0.05, 0.1) is 12.2 Å². The summed E-state index contributed by atoms with van der Waals surface area (Å²) >= 11 is 2.31. The van der Waals surface area contributed by atoms with Crippen LogP contribution in [0.15, 0.2) is 36.5 Å². The third-order valence-corrected chi connectivity index (χ3v) is 3.74. The smallest absolute Gasteiger partial charge is 0.0815 e. The van der Waals surface area contributed by atoms with E-state index in [2.05, 4.69) is 83.4 Å². The first kappa shape index (κ1) is 13.4. The zero-order chi connectivity index (χ0) is 13.0. The SMILES string of the molecule is CCC(C)n1ccc(CNc2ccc(I)cc2)n1. The Labute approximate surface area is 122 Å². The molecule has 18 heavy (non-hydrogen) atoms. The third kappa shape index (κ3) is 3.48. The molecular weight excluding hydrogens is 337 g/mol. The molecule has 0 fully saturated rings. The summed E-state index contributed by atoms with van der Waals surface area (Å²) in [6.07, 6.45) is 3.16. The van der Waals surface area contributed by atoms with E-state index >= 15 is 0 Å². The van der Waals surface area contributed by atoms with Crippen LogP contribution in [0.3, 0.4) is 0 Å². The minimum Gasteiger partial charge on any atom is -0.379 e. The first-order valence-electron chi connectivity index (χ1n) is 6.22. The molecule has 0 amide bonds. The highest BCUT2D eigenvalue weighted by molar-refractivity contribution is 14.1. The Kier molecular flexibility index (Phi) is 4.63. The second-order valence-corrected chi connectivity index (χ2v) is 5.65. The number of rotatable bonds is 5. The Morgan fingerprint density at radius 3 is 2.67 bits per heavy atom. The number of nitrogens with zero attached hydrogens (tertiary/aromatic N) is 2. The maximum atomic E-state index is 4.57. The average molecular weight is 355 g/mol. The minimum absolute atomic E-state index is 0.469. The monoisotopic (exact) mass is 355 g/mol. The first-order valence-corrected chi connectivity index (χ1v) is 7.30. The minimum atomic E-state index is 0.469. The van der Waals surface area contributed by atoms with E-state index in [0.29, 0.717) is 6.04 Å². The molecule has 96 valence electrons. The van der Waals surface area contributed by atoms with Crippen molar-refractivity contribution in [1.82, 2.24) is 9.78 Å². The van der Waals surface area contributed by atoms with Crippen LogP contribution in [0.25, 0.3) is 0 Å². The van der Waals surface area contributed by atoms with Gasteiger partial charge in [0.25, 0.3) is 0 Å². The van der Waals surface area contributed by atoms with E-state index in [0.717, 1.165) is 24.3 Å². The van der Waals surface area contributed by atoms with E-state index in [4.69, 9.17) is 0 Å². The van der Waals surface area contributed by atoms with Crippen LogP contribution in [0.1, 0.15) is 32.0 Å². The molecule has 3 nitrogen and oxygen atoms in total. The normalized spacial score (nSPS) is 12.4. The van der Waals surface area contributed by atoms with Crippen molar-refractivity contribution >= 4 is 28.3 Å². The van der Waals surface area contributed by atoms with Crippen LogP contribution in [-0.2, 0) is 6.54 Å². The van der Waals surface area contributed by atoms with Crippen molar-refractivity contribution < 1.29 is 0 Å². The maximum absolute atomic E-state index is 4.57. The largest absolute Gasteiger partial charge is 0.379 e. The molecule has 1 N–H and O–H groups in total. The number of halogens is 1. The molecule has 0 spiro atoms. The first-order chi connectivity index (χ1) is 8.69.